The van der Waals surface area contributed by atoms with Crippen LogP contribution in [0.5, 0.6) is 0 Å². The van der Waals surface area contributed by atoms with Gasteiger partial charge in [0.15, 0.2) is 0 Å². The van der Waals surface area contributed by atoms with Crippen molar-refractivity contribution in [2.75, 3.05) is 13.2 Å². The molecular formula is C28H29N3O5. The van der Waals surface area contributed by atoms with Gasteiger partial charge in [0.1, 0.15) is 19.3 Å². The maximum Gasteiger partial charge on any atom is 0.407 e. The molecule has 2 amide bonds. The summed E-state index contributed by atoms with van der Waals surface area (Å²) in [6.45, 7) is 1.47. The Balaban J connectivity index is 1.40. The smallest absolute Gasteiger partial charge is 0.407 e. The standard InChI is InChI=1S/C28H29N3O5/c1-18(29)26(32)30-15-25(27(33)35-16-19-9-3-2-4-10-19)31-28(34)36-17-24-22-13-7-5-11-20(22)21-12-6-8-14-23(21)24/h2-14,18,24-25H,15-17,29H2,1H3,(H,30,32)(H,31,34)/t18-,25+/m1/s1. The summed E-state index contributed by atoms with van der Waals surface area (Å²) in [7, 11) is 0. The Bertz CT molecular complexity index is 1180. The molecule has 8 heteroatoms. The average molecular weight is 488 g/mol. The third kappa shape index (κ3) is 5.90. The first-order valence-corrected chi connectivity index (χ1v) is 11.8. The number of amides is 2. The Hall–Kier alpha value is -4.17. The molecule has 0 bridgehead atoms. The quantitative estimate of drug-likeness (QED) is 0.399. The van der Waals surface area contributed by atoms with Crippen molar-refractivity contribution in [2.45, 2.75) is 31.5 Å². The van der Waals surface area contributed by atoms with E-state index in [1.165, 1.54) is 6.92 Å². The zero-order valence-electron chi connectivity index (χ0n) is 20.0. The van der Waals surface area contributed by atoms with Crippen molar-refractivity contribution in [1.29, 1.82) is 0 Å². The zero-order valence-corrected chi connectivity index (χ0v) is 20.0. The number of hydrogen-bond donors (Lipinski definition) is 3. The fourth-order valence-electron chi connectivity index (χ4n) is 4.17. The number of benzene rings is 3. The molecule has 0 saturated carbocycles. The highest BCUT2D eigenvalue weighted by atomic mass is 16.6. The number of nitrogens with one attached hydrogen (secondary N) is 2. The fourth-order valence-corrected chi connectivity index (χ4v) is 4.17. The van der Waals surface area contributed by atoms with E-state index in [2.05, 4.69) is 10.6 Å². The lowest BCUT2D eigenvalue weighted by atomic mass is 9.98. The summed E-state index contributed by atoms with van der Waals surface area (Å²) < 4.78 is 10.9. The molecule has 36 heavy (non-hydrogen) atoms. The van der Waals surface area contributed by atoms with Gasteiger partial charge in [-0.2, -0.15) is 0 Å². The monoisotopic (exact) mass is 487 g/mol. The summed E-state index contributed by atoms with van der Waals surface area (Å²) in [6.07, 6.45) is -0.784. The summed E-state index contributed by atoms with van der Waals surface area (Å²) in [5, 5.41) is 5.08. The van der Waals surface area contributed by atoms with E-state index in [9.17, 15) is 14.4 Å². The Kier molecular flexibility index (Phi) is 7.97. The number of nitrogens with two attached hydrogens (primary N) is 1. The highest BCUT2D eigenvalue weighted by molar-refractivity contribution is 5.85. The lowest BCUT2D eigenvalue weighted by Gasteiger charge is -2.20. The van der Waals surface area contributed by atoms with Gasteiger partial charge in [-0.25, -0.2) is 9.59 Å². The van der Waals surface area contributed by atoms with Crippen LogP contribution in [0.1, 0.15) is 29.5 Å². The lowest BCUT2D eigenvalue weighted by molar-refractivity contribution is -0.147. The van der Waals surface area contributed by atoms with Crippen LogP contribution >= 0.6 is 0 Å². The molecule has 0 radical (unpaired) electrons. The van der Waals surface area contributed by atoms with Crippen molar-refractivity contribution in [3.8, 4) is 11.1 Å². The second kappa shape index (κ2) is 11.5. The molecule has 4 rings (SSSR count). The van der Waals surface area contributed by atoms with E-state index in [-0.39, 0.29) is 25.7 Å². The van der Waals surface area contributed by atoms with Gasteiger partial charge in [0.25, 0.3) is 0 Å². The van der Waals surface area contributed by atoms with E-state index < -0.39 is 30.1 Å². The largest absolute Gasteiger partial charge is 0.459 e. The summed E-state index contributed by atoms with van der Waals surface area (Å²) in [4.78, 5) is 37.4. The third-order valence-corrected chi connectivity index (χ3v) is 6.04. The lowest BCUT2D eigenvalue weighted by Crippen LogP contribution is -2.51. The van der Waals surface area contributed by atoms with Crippen LogP contribution in [0.3, 0.4) is 0 Å². The van der Waals surface area contributed by atoms with Crippen molar-refractivity contribution >= 4 is 18.0 Å². The molecule has 4 N–H and O–H groups in total. The number of carbonyl (C=O) groups is 3. The predicted octanol–water partition coefficient (Wildman–Crippen LogP) is 3.10. The first-order chi connectivity index (χ1) is 17.4. The van der Waals surface area contributed by atoms with Crippen LogP contribution in [-0.4, -0.2) is 43.2 Å². The Morgan fingerprint density at radius 3 is 2.06 bits per heavy atom. The van der Waals surface area contributed by atoms with Crippen LogP contribution in [0.2, 0.25) is 0 Å². The first kappa shape index (κ1) is 24.9. The second-order valence-corrected chi connectivity index (χ2v) is 8.65. The predicted molar refractivity (Wildman–Crippen MR) is 135 cm³/mol. The zero-order chi connectivity index (χ0) is 25.5. The van der Waals surface area contributed by atoms with Crippen LogP contribution in [0.4, 0.5) is 4.79 Å². The van der Waals surface area contributed by atoms with Gasteiger partial charge in [0.2, 0.25) is 5.91 Å². The molecule has 0 aromatic heterocycles. The average Bonchev–Trinajstić information content (AvgIpc) is 3.22. The minimum absolute atomic E-state index is 0.0315. The number of ether oxygens (including phenoxy) is 2. The van der Waals surface area contributed by atoms with Gasteiger partial charge in [-0.05, 0) is 34.7 Å². The molecule has 0 heterocycles. The van der Waals surface area contributed by atoms with Gasteiger partial charge in [0.05, 0.1) is 6.04 Å². The Labute approximate surface area is 209 Å². The van der Waals surface area contributed by atoms with E-state index in [1.807, 2.05) is 78.9 Å². The summed E-state index contributed by atoms with van der Waals surface area (Å²) >= 11 is 0. The van der Waals surface area contributed by atoms with Gasteiger partial charge >= 0.3 is 12.1 Å². The van der Waals surface area contributed by atoms with Crippen molar-refractivity contribution in [3.63, 3.8) is 0 Å². The summed E-state index contributed by atoms with van der Waals surface area (Å²) in [6, 6.07) is 23.3. The molecule has 0 aliphatic heterocycles. The van der Waals surface area contributed by atoms with Crippen molar-refractivity contribution in [1.82, 2.24) is 10.6 Å². The normalized spacial score (nSPS) is 13.6. The molecule has 1 aliphatic rings. The number of esters is 1. The topological polar surface area (TPSA) is 120 Å². The van der Waals surface area contributed by atoms with Gasteiger partial charge in [-0.3, -0.25) is 4.79 Å². The highest BCUT2D eigenvalue weighted by Crippen LogP contribution is 2.44. The molecular weight excluding hydrogens is 458 g/mol. The van der Waals surface area contributed by atoms with Crippen molar-refractivity contribution in [2.24, 2.45) is 5.73 Å². The number of hydrogen-bond acceptors (Lipinski definition) is 6. The van der Waals surface area contributed by atoms with Crippen LogP contribution in [0, 0.1) is 0 Å². The van der Waals surface area contributed by atoms with Gasteiger partial charge in [-0.1, -0.05) is 78.9 Å². The van der Waals surface area contributed by atoms with E-state index >= 15 is 0 Å². The molecule has 3 aromatic carbocycles. The molecule has 2 atom stereocenters. The number of alkyl carbamates (subject to hydrolysis) is 1. The number of rotatable bonds is 9. The van der Waals surface area contributed by atoms with Crippen LogP contribution in [-0.2, 0) is 25.7 Å². The number of fused-ring (bicyclic) bond motifs is 3. The minimum Gasteiger partial charge on any atom is -0.459 e. The van der Waals surface area contributed by atoms with Gasteiger partial charge < -0.3 is 25.8 Å². The third-order valence-electron chi connectivity index (χ3n) is 6.04. The van der Waals surface area contributed by atoms with E-state index in [1.54, 1.807) is 0 Å². The van der Waals surface area contributed by atoms with Gasteiger partial charge in [-0.15, -0.1) is 0 Å². The Morgan fingerprint density at radius 1 is 0.861 bits per heavy atom. The molecule has 3 aromatic rings. The van der Waals surface area contributed by atoms with Gasteiger partial charge in [0, 0.05) is 12.5 Å². The molecule has 0 saturated heterocycles. The van der Waals surface area contributed by atoms with Crippen molar-refractivity contribution in [3.05, 3.63) is 95.6 Å². The minimum atomic E-state index is -1.15. The van der Waals surface area contributed by atoms with Crippen LogP contribution in [0.15, 0.2) is 78.9 Å². The molecule has 8 nitrogen and oxygen atoms in total. The van der Waals surface area contributed by atoms with Crippen molar-refractivity contribution < 1.29 is 23.9 Å². The Morgan fingerprint density at radius 2 is 1.44 bits per heavy atom. The maximum atomic E-state index is 12.7. The fraction of sp³-hybridized carbons (Fsp3) is 0.250. The molecule has 186 valence electrons. The molecule has 1 aliphatic carbocycles. The van der Waals surface area contributed by atoms with E-state index in [0.29, 0.717) is 0 Å². The SMILES string of the molecule is C[C@@H](N)C(=O)NC[C@H](NC(=O)OCC1c2ccccc2-c2ccccc21)C(=O)OCc1ccccc1. The van der Waals surface area contributed by atoms with E-state index in [0.717, 1.165) is 27.8 Å². The molecule has 0 unspecified atom stereocenters. The second-order valence-electron chi connectivity index (χ2n) is 8.65. The summed E-state index contributed by atoms with van der Waals surface area (Å²) in [5.41, 5.74) is 10.8. The highest BCUT2D eigenvalue weighted by Gasteiger charge is 2.30. The first-order valence-electron chi connectivity index (χ1n) is 11.8. The summed E-state index contributed by atoms with van der Waals surface area (Å²) in [5.74, 6) is -1.27. The number of carbonyl (C=O) groups excluding carboxylic acids is 3. The van der Waals surface area contributed by atoms with E-state index in [4.69, 9.17) is 15.2 Å². The van der Waals surface area contributed by atoms with Crippen LogP contribution in [0.25, 0.3) is 11.1 Å². The molecule has 0 fully saturated rings. The van der Waals surface area contributed by atoms with Crippen LogP contribution < -0.4 is 16.4 Å². The molecule has 0 spiro atoms. The maximum absolute atomic E-state index is 12.7.